The molecule has 0 bridgehead atoms. The van der Waals surface area contributed by atoms with E-state index in [1.54, 1.807) is 11.8 Å². The molecular weight excluding hydrogens is 254 g/mol. The summed E-state index contributed by atoms with van der Waals surface area (Å²) in [5.74, 6) is 2.46. The van der Waals surface area contributed by atoms with Crippen molar-refractivity contribution < 1.29 is 0 Å². The largest absolute Gasteiger partial charge is 0.275 e. The van der Waals surface area contributed by atoms with E-state index in [0.717, 1.165) is 28.7 Å². The first kappa shape index (κ1) is 12.7. The third-order valence-corrected chi connectivity index (χ3v) is 3.77. The molecule has 3 nitrogen and oxygen atoms in total. The molecule has 5 heteroatoms. The Labute approximate surface area is 111 Å². The maximum atomic E-state index is 6.03. The van der Waals surface area contributed by atoms with E-state index in [9.17, 15) is 0 Å². The lowest BCUT2D eigenvalue weighted by Crippen LogP contribution is -2.02. The number of halogens is 1. The number of thioether (sulfide) groups is 1. The van der Waals surface area contributed by atoms with Crippen LogP contribution in [0, 0.1) is 0 Å². The molecular formula is C12H16ClN3S. The van der Waals surface area contributed by atoms with E-state index in [2.05, 4.69) is 35.1 Å². The summed E-state index contributed by atoms with van der Waals surface area (Å²) in [4.78, 5) is 8.86. The van der Waals surface area contributed by atoms with Gasteiger partial charge < -0.3 is 0 Å². The number of imidazole rings is 1. The van der Waals surface area contributed by atoms with Crippen LogP contribution in [0.25, 0.3) is 5.52 Å². The Balaban J connectivity index is 2.57. The van der Waals surface area contributed by atoms with E-state index in [1.165, 1.54) is 0 Å². The van der Waals surface area contributed by atoms with Crippen molar-refractivity contribution in [3.05, 3.63) is 23.2 Å². The highest BCUT2D eigenvalue weighted by atomic mass is 35.5. The van der Waals surface area contributed by atoms with Crippen LogP contribution >= 0.6 is 23.4 Å². The van der Waals surface area contributed by atoms with Crippen molar-refractivity contribution in [1.82, 2.24) is 14.4 Å². The lowest BCUT2D eigenvalue weighted by Gasteiger charge is -2.09. The molecule has 0 N–H and O–H groups in total. The molecule has 0 amide bonds. The second kappa shape index (κ2) is 5.27. The van der Waals surface area contributed by atoms with Gasteiger partial charge in [-0.15, -0.1) is 0 Å². The van der Waals surface area contributed by atoms with Crippen molar-refractivity contribution in [3.63, 3.8) is 0 Å². The maximum Gasteiger partial charge on any atom is 0.175 e. The topological polar surface area (TPSA) is 30.2 Å². The molecule has 0 saturated carbocycles. The van der Waals surface area contributed by atoms with E-state index < -0.39 is 0 Å². The fourth-order valence-electron chi connectivity index (χ4n) is 1.68. The normalized spacial score (nSPS) is 11.6. The van der Waals surface area contributed by atoms with Crippen LogP contribution in [0.1, 0.15) is 38.9 Å². The third-order valence-electron chi connectivity index (χ3n) is 2.43. The fraction of sp³-hybridized carbons (Fsp3) is 0.500. The van der Waals surface area contributed by atoms with Crippen molar-refractivity contribution in [3.8, 4) is 0 Å². The van der Waals surface area contributed by atoms with Gasteiger partial charge in [0.05, 0.1) is 11.7 Å². The van der Waals surface area contributed by atoms with E-state index in [0.29, 0.717) is 11.1 Å². The van der Waals surface area contributed by atoms with Crippen LogP contribution in [0.3, 0.4) is 0 Å². The minimum absolute atomic E-state index is 0.376. The number of hydrogen-bond donors (Lipinski definition) is 0. The average Bonchev–Trinajstić information content (AvgIpc) is 2.69. The molecule has 0 aliphatic rings. The second-order valence-electron chi connectivity index (χ2n) is 4.24. The zero-order chi connectivity index (χ0) is 12.4. The summed E-state index contributed by atoms with van der Waals surface area (Å²) in [6.07, 6.45) is 2.98. The first-order valence-corrected chi connectivity index (χ1v) is 7.16. The molecule has 0 unspecified atom stereocenters. The summed E-state index contributed by atoms with van der Waals surface area (Å²) < 4.78 is 2.11. The van der Waals surface area contributed by atoms with Gasteiger partial charge in [0.2, 0.25) is 0 Å². The Hall–Kier alpha value is -0.740. The summed E-state index contributed by atoms with van der Waals surface area (Å²) in [7, 11) is 0. The first-order chi connectivity index (χ1) is 8.13. The Kier molecular flexibility index (Phi) is 3.94. The van der Waals surface area contributed by atoms with Crippen molar-refractivity contribution in [2.75, 3.05) is 5.75 Å². The highest BCUT2D eigenvalue weighted by molar-refractivity contribution is 7.99. The lowest BCUT2D eigenvalue weighted by atomic mass is 10.2. The molecule has 2 aromatic rings. The maximum absolute atomic E-state index is 6.03. The molecule has 2 rings (SSSR count). The Bertz CT molecular complexity index is 522. The van der Waals surface area contributed by atoms with Crippen molar-refractivity contribution >= 4 is 28.9 Å². The number of aromatic nitrogens is 3. The van der Waals surface area contributed by atoms with Crippen LogP contribution in [-0.2, 0) is 0 Å². The summed E-state index contributed by atoms with van der Waals surface area (Å²) in [6, 6.07) is 1.86. The molecule has 2 heterocycles. The molecule has 0 radical (unpaired) electrons. The van der Waals surface area contributed by atoms with Gasteiger partial charge in [0, 0.05) is 17.7 Å². The summed E-state index contributed by atoms with van der Waals surface area (Å²) in [6.45, 7) is 6.43. The molecule has 0 aliphatic carbocycles. The van der Waals surface area contributed by atoms with E-state index >= 15 is 0 Å². The van der Waals surface area contributed by atoms with Gasteiger partial charge in [0.25, 0.3) is 0 Å². The first-order valence-electron chi connectivity index (χ1n) is 5.80. The van der Waals surface area contributed by atoms with Crippen LogP contribution in [0.5, 0.6) is 0 Å². The molecule has 0 aliphatic heterocycles. The van der Waals surface area contributed by atoms with Gasteiger partial charge in [-0.25, -0.2) is 9.97 Å². The standard InChI is InChI=1S/C12H16ClN3S/c1-4-5-17-12-15-10(13)6-9-7-14-11(8(2)3)16(9)12/h6-8H,4-5H2,1-3H3. The molecule has 92 valence electrons. The Morgan fingerprint density at radius 2 is 2.24 bits per heavy atom. The summed E-state index contributed by atoms with van der Waals surface area (Å²) >= 11 is 7.75. The molecule has 0 atom stereocenters. The zero-order valence-corrected chi connectivity index (χ0v) is 11.8. The number of hydrogen-bond acceptors (Lipinski definition) is 3. The van der Waals surface area contributed by atoms with Crippen molar-refractivity contribution in [2.45, 2.75) is 38.3 Å². The minimum Gasteiger partial charge on any atom is -0.275 e. The van der Waals surface area contributed by atoms with E-state index in [1.807, 2.05) is 12.3 Å². The quantitative estimate of drug-likeness (QED) is 0.477. The van der Waals surface area contributed by atoms with Gasteiger partial charge in [0.1, 0.15) is 11.0 Å². The Morgan fingerprint density at radius 1 is 1.47 bits per heavy atom. The van der Waals surface area contributed by atoms with Crippen LogP contribution < -0.4 is 0 Å². The van der Waals surface area contributed by atoms with E-state index in [-0.39, 0.29) is 0 Å². The summed E-state index contributed by atoms with van der Waals surface area (Å²) in [5, 5.41) is 1.47. The second-order valence-corrected chi connectivity index (χ2v) is 5.69. The van der Waals surface area contributed by atoms with Gasteiger partial charge in [-0.2, -0.15) is 0 Å². The van der Waals surface area contributed by atoms with Crippen LogP contribution in [-0.4, -0.2) is 20.1 Å². The van der Waals surface area contributed by atoms with Gasteiger partial charge >= 0.3 is 0 Å². The molecule has 2 aromatic heterocycles. The molecule has 0 spiro atoms. The lowest BCUT2D eigenvalue weighted by molar-refractivity contribution is 0.727. The third kappa shape index (κ3) is 2.58. The SMILES string of the molecule is CCCSc1nc(Cl)cc2cnc(C(C)C)n12. The smallest absolute Gasteiger partial charge is 0.175 e. The van der Waals surface area contributed by atoms with Crippen LogP contribution in [0.2, 0.25) is 5.15 Å². The number of rotatable bonds is 4. The van der Waals surface area contributed by atoms with Gasteiger partial charge in [-0.1, -0.05) is 44.1 Å². The van der Waals surface area contributed by atoms with Gasteiger partial charge in [-0.3, -0.25) is 4.40 Å². The molecule has 0 saturated heterocycles. The zero-order valence-electron chi connectivity index (χ0n) is 10.3. The summed E-state index contributed by atoms with van der Waals surface area (Å²) in [5.41, 5.74) is 1.02. The van der Waals surface area contributed by atoms with Gasteiger partial charge in [0.15, 0.2) is 5.16 Å². The predicted molar refractivity (Wildman–Crippen MR) is 73.1 cm³/mol. The molecule has 0 aromatic carbocycles. The minimum atomic E-state index is 0.376. The van der Waals surface area contributed by atoms with E-state index in [4.69, 9.17) is 11.6 Å². The number of fused-ring (bicyclic) bond motifs is 1. The predicted octanol–water partition coefficient (Wildman–Crippen LogP) is 4.01. The number of nitrogens with zero attached hydrogens (tertiary/aromatic N) is 3. The van der Waals surface area contributed by atoms with Gasteiger partial charge in [-0.05, 0) is 6.42 Å². The average molecular weight is 270 g/mol. The fourth-order valence-corrected chi connectivity index (χ4v) is 2.80. The molecule has 17 heavy (non-hydrogen) atoms. The Morgan fingerprint density at radius 3 is 2.88 bits per heavy atom. The highest BCUT2D eigenvalue weighted by Gasteiger charge is 2.13. The monoisotopic (exact) mass is 269 g/mol. The van der Waals surface area contributed by atoms with Crippen LogP contribution in [0.15, 0.2) is 17.4 Å². The molecule has 0 fully saturated rings. The van der Waals surface area contributed by atoms with Crippen LogP contribution in [0.4, 0.5) is 0 Å². The highest BCUT2D eigenvalue weighted by Crippen LogP contribution is 2.25. The van der Waals surface area contributed by atoms with Crippen molar-refractivity contribution in [2.24, 2.45) is 0 Å². The van der Waals surface area contributed by atoms with Crippen molar-refractivity contribution in [1.29, 1.82) is 0 Å².